The van der Waals surface area contributed by atoms with Crippen molar-refractivity contribution < 1.29 is 18.7 Å². The van der Waals surface area contributed by atoms with Gasteiger partial charge in [-0.25, -0.2) is 9.18 Å². The molecule has 2 aromatic rings. The zero-order valence-electron chi connectivity index (χ0n) is 16.7. The van der Waals surface area contributed by atoms with E-state index >= 15 is 0 Å². The van der Waals surface area contributed by atoms with E-state index in [-0.39, 0.29) is 17.7 Å². The van der Waals surface area contributed by atoms with Gasteiger partial charge in [0.15, 0.2) is 0 Å². The van der Waals surface area contributed by atoms with Gasteiger partial charge in [-0.05, 0) is 68.7 Å². The molecule has 160 valence electrons. The molecule has 2 fully saturated rings. The van der Waals surface area contributed by atoms with Gasteiger partial charge < -0.3 is 15.0 Å². The molecule has 0 bridgehead atoms. The number of hydrogen-bond donors (Lipinski definition) is 1. The van der Waals surface area contributed by atoms with Gasteiger partial charge in [0.25, 0.3) is 5.91 Å². The van der Waals surface area contributed by atoms with Crippen LogP contribution in [0.4, 0.5) is 9.18 Å². The summed E-state index contributed by atoms with van der Waals surface area (Å²) in [4.78, 5) is 27.4. The SMILES string of the molecule is Cc1c(F)cccc1OC(=O)N1CCC(C(NC(=O)c2ccc(Cl)s2)C2CC2)CC1. The van der Waals surface area contributed by atoms with Gasteiger partial charge >= 0.3 is 6.09 Å². The van der Waals surface area contributed by atoms with Crippen LogP contribution in [-0.4, -0.2) is 36.0 Å². The molecule has 2 aliphatic rings. The lowest BCUT2D eigenvalue weighted by atomic mass is 9.86. The molecule has 2 heterocycles. The van der Waals surface area contributed by atoms with Crippen LogP contribution in [0, 0.1) is 24.6 Å². The standard InChI is InChI=1S/C22H24ClFN2O3S/c1-13-16(24)3-2-4-17(13)29-22(28)26-11-9-15(10-12-26)20(14-5-6-14)25-21(27)18-7-8-19(23)30-18/h2-4,7-8,14-15,20H,5-6,9-12H2,1H3,(H,25,27). The Labute approximate surface area is 184 Å². The second kappa shape index (κ2) is 8.94. The lowest BCUT2D eigenvalue weighted by molar-refractivity contribution is 0.0874. The summed E-state index contributed by atoms with van der Waals surface area (Å²) in [7, 11) is 0. The van der Waals surface area contributed by atoms with Crippen LogP contribution in [0.15, 0.2) is 30.3 Å². The molecule has 30 heavy (non-hydrogen) atoms. The van der Waals surface area contributed by atoms with Crippen molar-refractivity contribution in [3.63, 3.8) is 0 Å². The number of benzene rings is 1. The molecule has 8 heteroatoms. The van der Waals surface area contributed by atoms with E-state index in [0.29, 0.717) is 39.7 Å². The summed E-state index contributed by atoms with van der Waals surface area (Å²) in [5.74, 6) is 0.598. The molecule has 4 rings (SSSR count). The first-order valence-corrected chi connectivity index (χ1v) is 11.4. The van der Waals surface area contributed by atoms with Gasteiger partial charge in [0, 0.05) is 24.7 Å². The average Bonchev–Trinajstić information content (AvgIpc) is 3.49. The molecule has 1 aliphatic carbocycles. The van der Waals surface area contributed by atoms with Crippen LogP contribution in [0.5, 0.6) is 5.75 Å². The van der Waals surface area contributed by atoms with Crippen LogP contribution in [0.3, 0.4) is 0 Å². The van der Waals surface area contributed by atoms with Gasteiger partial charge in [-0.15, -0.1) is 11.3 Å². The maximum Gasteiger partial charge on any atom is 0.415 e. The first kappa shape index (κ1) is 21.1. The molecule has 1 saturated carbocycles. The fourth-order valence-electron chi connectivity index (χ4n) is 4.03. The van der Waals surface area contributed by atoms with Gasteiger partial charge in [0.05, 0.1) is 9.21 Å². The normalized spacial score (nSPS) is 18.2. The number of rotatable bonds is 5. The molecule has 0 radical (unpaired) electrons. The Balaban J connectivity index is 1.33. The molecule has 1 saturated heterocycles. The lowest BCUT2D eigenvalue weighted by Gasteiger charge is -2.36. The highest BCUT2D eigenvalue weighted by Crippen LogP contribution is 2.39. The van der Waals surface area contributed by atoms with Crippen molar-refractivity contribution in [1.82, 2.24) is 10.2 Å². The van der Waals surface area contributed by atoms with E-state index in [1.54, 1.807) is 30.0 Å². The number of ether oxygens (including phenoxy) is 1. The lowest BCUT2D eigenvalue weighted by Crippen LogP contribution is -2.48. The second-order valence-corrected chi connectivity index (χ2v) is 9.71. The van der Waals surface area contributed by atoms with Crippen LogP contribution < -0.4 is 10.1 Å². The molecule has 1 atom stereocenters. The van der Waals surface area contributed by atoms with Crippen molar-refractivity contribution in [2.24, 2.45) is 11.8 Å². The highest BCUT2D eigenvalue weighted by molar-refractivity contribution is 7.18. The quantitative estimate of drug-likeness (QED) is 0.675. The van der Waals surface area contributed by atoms with Gasteiger partial charge in [0.1, 0.15) is 11.6 Å². The fourth-order valence-corrected chi connectivity index (χ4v) is 4.98. The third kappa shape index (κ3) is 4.78. The number of nitrogens with zero attached hydrogens (tertiary/aromatic N) is 1. The predicted molar refractivity (Wildman–Crippen MR) is 115 cm³/mol. The zero-order valence-corrected chi connectivity index (χ0v) is 18.3. The Hall–Kier alpha value is -2.12. The van der Waals surface area contributed by atoms with Crippen molar-refractivity contribution in [2.45, 2.75) is 38.6 Å². The third-order valence-electron chi connectivity index (χ3n) is 5.95. The summed E-state index contributed by atoms with van der Waals surface area (Å²) in [6.07, 6.45) is 3.38. The van der Waals surface area contributed by atoms with Crippen LogP contribution in [0.25, 0.3) is 0 Å². The molecular weight excluding hydrogens is 427 g/mol. The number of amides is 2. The Morgan fingerprint density at radius 3 is 2.50 bits per heavy atom. The number of nitrogens with one attached hydrogen (secondary N) is 1. The van der Waals surface area contributed by atoms with E-state index < -0.39 is 11.9 Å². The number of carbonyl (C=O) groups is 2. The summed E-state index contributed by atoms with van der Waals surface area (Å²) in [6, 6.07) is 8.06. The van der Waals surface area contributed by atoms with E-state index in [1.807, 2.05) is 0 Å². The fraction of sp³-hybridized carbons (Fsp3) is 0.455. The largest absolute Gasteiger partial charge is 0.415 e. The first-order chi connectivity index (χ1) is 14.4. The highest BCUT2D eigenvalue weighted by Gasteiger charge is 2.39. The monoisotopic (exact) mass is 450 g/mol. The number of halogens is 2. The summed E-state index contributed by atoms with van der Waals surface area (Å²) in [6.45, 7) is 2.71. The predicted octanol–water partition coefficient (Wildman–Crippen LogP) is 5.27. The molecule has 2 amide bonds. The Kier molecular flexibility index (Phi) is 6.29. The van der Waals surface area contributed by atoms with Gasteiger partial charge in [-0.1, -0.05) is 17.7 Å². The first-order valence-electron chi connectivity index (χ1n) is 10.2. The minimum Gasteiger partial charge on any atom is -0.410 e. The van der Waals surface area contributed by atoms with E-state index in [9.17, 15) is 14.0 Å². The zero-order chi connectivity index (χ0) is 21.3. The molecular formula is C22H24ClFN2O3S. The Bertz CT molecular complexity index is 938. The van der Waals surface area contributed by atoms with Crippen LogP contribution in [0.1, 0.15) is 40.9 Å². The van der Waals surface area contributed by atoms with Crippen molar-refractivity contribution in [3.05, 3.63) is 50.9 Å². The average molecular weight is 451 g/mol. The van der Waals surface area contributed by atoms with E-state index in [1.165, 1.54) is 23.5 Å². The van der Waals surface area contributed by atoms with Crippen LogP contribution in [-0.2, 0) is 0 Å². The maximum absolute atomic E-state index is 13.7. The van der Waals surface area contributed by atoms with Crippen molar-refractivity contribution >= 4 is 34.9 Å². The smallest absolute Gasteiger partial charge is 0.410 e. The molecule has 1 aromatic heterocycles. The summed E-state index contributed by atoms with van der Waals surface area (Å²) in [5, 5.41) is 3.21. The molecule has 0 spiro atoms. The molecule has 5 nitrogen and oxygen atoms in total. The van der Waals surface area contributed by atoms with Gasteiger partial charge in [-0.2, -0.15) is 0 Å². The van der Waals surface area contributed by atoms with Crippen molar-refractivity contribution in [2.75, 3.05) is 13.1 Å². The topological polar surface area (TPSA) is 58.6 Å². The molecule has 1 aliphatic heterocycles. The number of likely N-dealkylation sites (tertiary alicyclic amines) is 1. The number of thiophene rings is 1. The number of piperidine rings is 1. The third-order valence-corrected chi connectivity index (χ3v) is 7.18. The summed E-state index contributed by atoms with van der Waals surface area (Å²) in [5.41, 5.74) is 0.325. The second-order valence-electron chi connectivity index (χ2n) is 8.00. The van der Waals surface area contributed by atoms with E-state index in [4.69, 9.17) is 16.3 Å². The highest BCUT2D eigenvalue weighted by atomic mass is 35.5. The Morgan fingerprint density at radius 1 is 1.17 bits per heavy atom. The number of carbonyl (C=O) groups excluding carboxylic acids is 2. The van der Waals surface area contributed by atoms with E-state index in [2.05, 4.69) is 5.32 Å². The van der Waals surface area contributed by atoms with Gasteiger partial charge in [-0.3, -0.25) is 4.79 Å². The van der Waals surface area contributed by atoms with Crippen molar-refractivity contribution in [1.29, 1.82) is 0 Å². The van der Waals surface area contributed by atoms with E-state index in [0.717, 1.165) is 25.7 Å². The maximum atomic E-state index is 13.7. The van der Waals surface area contributed by atoms with Crippen LogP contribution in [0.2, 0.25) is 4.34 Å². The van der Waals surface area contributed by atoms with Crippen LogP contribution >= 0.6 is 22.9 Å². The minimum absolute atomic E-state index is 0.0766. The summed E-state index contributed by atoms with van der Waals surface area (Å²) < 4.78 is 19.7. The minimum atomic E-state index is -0.456. The molecule has 1 N–H and O–H groups in total. The van der Waals surface area contributed by atoms with Crippen molar-refractivity contribution in [3.8, 4) is 5.75 Å². The Morgan fingerprint density at radius 2 is 1.87 bits per heavy atom. The van der Waals surface area contributed by atoms with Gasteiger partial charge in [0.2, 0.25) is 0 Å². The molecule has 1 unspecified atom stereocenters. The number of hydrogen-bond acceptors (Lipinski definition) is 4. The summed E-state index contributed by atoms with van der Waals surface area (Å²) >= 11 is 7.24. The molecule has 1 aromatic carbocycles.